The highest BCUT2D eigenvalue weighted by Crippen LogP contribution is 2.22. The van der Waals surface area contributed by atoms with E-state index in [1.807, 2.05) is 12.1 Å². The van der Waals surface area contributed by atoms with E-state index in [0.29, 0.717) is 0 Å². The van der Waals surface area contributed by atoms with Crippen LogP contribution in [0, 0.1) is 0 Å². The predicted molar refractivity (Wildman–Crippen MR) is 54.7 cm³/mol. The highest BCUT2D eigenvalue weighted by atomic mass is 16.3. The lowest BCUT2D eigenvalue weighted by molar-refractivity contribution is 0.165. The Balaban J connectivity index is 2.53. The number of nitrogens with zero attached hydrogens (tertiary/aromatic N) is 1. The van der Waals surface area contributed by atoms with Crippen LogP contribution in [0.25, 0.3) is 11.0 Å². The minimum Gasteiger partial charge on any atom is -0.391 e. The summed E-state index contributed by atoms with van der Waals surface area (Å²) in [7, 11) is 0. The molecule has 4 N–H and O–H groups in total. The fourth-order valence-electron chi connectivity index (χ4n) is 1.51. The second kappa shape index (κ2) is 3.40. The summed E-state index contributed by atoms with van der Waals surface area (Å²) in [5.41, 5.74) is 7.56. The first-order valence-electron chi connectivity index (χ1n) is 4.56. The number of nitrogens with one attached hydrogen (secondary N) is 1. The molecule has 0 bridgehead atoms. The third kappa shape index (κ3) is 1.38. The molecule has 0 radical (unpaired) electrons. The molecule has 0 fully saturated rings. The van der Waals surface area contributed by atoms with Gasteiger partial charge in [0.15, 0.2) is 0 Å². The number of aliphatic hydroxyl groups excluding tert-OH is 1. The topological polar surface area (TPSA) is 74.9 Å². The zero-order valence-corrected chi connectivity index (χ0v) is 7.94. The van der Waals surface area contributed by atoms with E-state index in [4.69, 9.17) is 5.73 Å². The molecule has 2 atom stereocenters. The lowest BCUT2D eigenvalue weighted by atomic mass is 10.0. The van der Waals surface area contributed by atoms with Gasteiger partial charge in [0, 0.05) is 17.8 Å². The van der Waals surface area contributed by atoms with Crippen LogP contribution in [-0.2, 0) is 0 Å². The summed E-state index contributed by atoms with van der Waals surface area (Å²) in [5, 5.41) is 10.4. The SMILES string of the molecule is C[C@@H](O)[C@@H](N)c1c[nH]c2ncccc12. The maximum absolute atomic E-state index is 9.39. The number of aliphatic hydroxyl groups is 1. The molecule has 74 valence electrons. The molecule has 0 spiro atoms. The van der Waals surface area contributed by atoms with E-state index < -0.39 is 6.10 Å². The molecule has 0 saturated carbocycles. The van der Waals surface area contributed by atoms with E-state index in [1.54, 1.807) is 19.3 Å². The number of pyridine rings is 1. The summed E-state index contributed by atoms with van der Waals surface area (Å²) < 4.78 is 0. The smallest absolute Gasteiger partial charge is 0.137 e. The van der Waals surface area contributed by atoms with Crippen molar-refractivity contribution in [2.45, 2.75) is 19.1 Å². The number of nitrogens with two attached hydrogens (primary N) is 1. The molecular formula is C10H13N3O. The average Bonchev–Trinajstić information content (AvgIpc) is 2.60. The second-order valence-corrected chi connectivity index (χ2v) is 3.41. The van der Waals surface area contributed by atoms with Gasteiger partial charge in [-0.1, -0.05) is 0 Å². The number of hydrogen-bond donors (Lipinski definition) is 3. The highest BCUT2D eigenvalue weighted by molar-refractivity contribution is 5.80. The van der Waals surface area contributed by atoms with Crippen LogP contribution in [0.3, 0.4) is 0 Å². The van der Waals surface area contributed by atoms with Gasteiger partial charge in [0.05, 0.1) is 12.1 Å². The first kappa shape index (κ1) is 9.18. The zero-order valence-electron chi connectivity index (χ0n) is 7.94. The number of rotatable bonds is 2. The maximum Gasteiger partial charge on any atom is 0.137 e. The van der Waals surface area contributed by atoms with Crippen LogP contribution in [0.4, 0.5) is 0 Å². The Labute approximate surface area is 81.8 Å². The van der Waals surface area contributed by atoms with Crippen molar-refractivity contribution in [3.05, 3.63) is 30.1 Å². The number of H-pyrrole nitrogens is 1. The summed E-state index contributed by atoms with van der Waals surface area (Å²) in [6.07, 6.45) is 2.96. The maximum atomic E-state index is 9.39. The lowest BCUT2D eigenvalue weighted by Crippen LogP contribution is -2.22. The van der Waals surface area contributed by atoms with Gasteiger partial charge in [-0.2, -0.15) is 0 Å². The Morgan fingerprint density at radius 3 is 3.07 bits per heavy atom. The molecule has 4 nitrogen and oxygen atoms in total. The van der Waals surface area contributed by atoms with Crippen LogP contribution < -0.4 is 5.73 Å². The summed E-state index contributed by atoms with van der Waals surface area (Å²) >= 11 is 0. The van der Waals surface area contributed by atoms with E-state index in [0.717, 1.165) is 16.6 Å². The Bertz CT molecular complexity index is 436. The molecule has 0 aliphatic heterocycles. The van der Waals surface area contributed by atoms with Gasteiger partial charge in [-0.3, -0.25) is 0 Å². The van der Waals surface area contributed by atoms with Crippen molar-refractivity contribution in [1.82, 2.24) is 9.97 Å². The average molecular weight is 191 g/mol. The summed E-state index contributed by atoms with van der Waals surface area (Å²) in [6.45, 7) is 1.68. The quantitative estimate of drug-likeness (QED) is 0.661. The van der Waals surface area contributed by atoms with Gasteiger partial charge in [0.25, 0.3) is 0 Å². The number of hydrogen-bond acceptors (Lipinski definition) is 3. The highest BCUT2D eigenvalue weighted by Gasteiger charge is 2.16. The van der Waals surface area contributed by atoms with Crippen LogP contribution in [0.15, 0.2) is 24.5 Å². The van der Waals surface area contributed by atoms with Crippen molar-refractivity contribution < 1.29 is 5.11 Å². The van der Waals surface area contributed by atoms with Crippen molar-refractivity contribution in [2.75, 3.05) is 0 Å². The predicted octanol–water partition coefficient (Wildman–Crippen LogP) is 0.944. The number of aromatic amines is 1. The van der Waals surface area contributed by atoms with Crippen LogP contribution in [0.2, 0.25) is 0 Å². The normalized spacial score (nSPS) is 15.6. The molecule has 0 aromatic carbocycles. The second-order valence-electron chi connectivity index (χ2n) is 3.41. The zero-order chi connectivity index (χ0) is 10.1. The van der Waals surface area contributed by atoms with E-state index in [1.165, 1.54) is 0 Å². The summed E-state index contributed by atoms with van der Waals surface area (Å²) in [5.74, 6) is 0. The van der Waals surface area contributed by atoms with E-state index in [-0.39, 0.29) is 6.04 Å². The first-order chi connectivity index (χ1) is 6.70. The van der Waals surface area contributed by atoms with Gasteiger partial charge in [0.1, 0.15) is 5.65 Å². The molecule has 0 aliphatic rings. The fraction of sp³-hybridized carbons (Fsp3) is 0.300. The molecule has 0 aliphatic carbocycles. The molecule has 2 rings (SSSR count). The van der Waals surface area contributed by atoms with Crippen LogP contribution >= 0.6 is 0 Å². The van der Waals surface area contributed by atoms with Crippen molar-refractivity contribution in [3.63, 3.8) is 0 Å². The molecule has 0 unspecified atom stereocenters. The monoisotopic (exact) mass is 191 g/mol. The Hall–Kier alpha value is -1.39. The third-order valence-electron chi connectivity index (χ3n) is 2.36. The fourth-order valence-corrected chi connectivity index (χ4v) is 1.51. The van der Waals surface area contributed by atoms with E-state index in [2.05, 4.69) is 9.97 Å². The first-order valence-corrected chi connectivity index (χ1v) is 4.56. The largest absolute Gasteiger partial charge is 0.391 e. The van der Waals surface area contributed by atoms with Gasteiger partial charge < -0.3 is 15.8 Å². The lowest BCUT2D eigenvalue weighted by Gasteiger charge is -2.13. The van der Waals surface area contributed by atoms with Crippen molar-refractivity contribution in [2.24, 2.45) is 5.73 Å². The van der Waals surface area contributed by atoms with Crippen molar-refractivity contribution >= 4 is 11.0 Å². The molecule has 2 heterocycles. The molecule has 0 amide bonds. The minimum absolute atomic E-state index is 0.368. The minimum atomic E-state index is -0.561. The summed E-state index contributed by atoms with van der Waals surface area (Å²) in [6, 6.07) is 3.43. The van der Waals surface area contributed by atoms with Gasteiger partial charge in [-0.25, -0.2) is 4.98 Å². The molecular weight excluding hydrogens is 178 g/mol. The van der Waals surface area contributed by atoms with Crippen LogP contribution in [0.1, 0.15) is 18.5 Å². The molecule has 2 aromatic rings. The standard InChI is InChI=1S/C10H13N3O/c1-6(14)9(11)8-5-13-10-7(8)3-2-4-12-10/h2-6,9,14H,11H2,1H3,(H,12,13)/t6-,9-/m1/s1. The molecule has 4 heteroatoms. The van der Waals surface area contributed by atoms with Gasteiger partial charge in [-0.15, -0.1) is 0 Å². The van der Waals surface area contributed by atoms with E-state index in [9.17, 15) is 5.11 Å². The van der Waals surface area contributed by atoms with Gasteiger partial charge in [-0.05, 0) is 24.6 Å². The van der Waals surface area contributed by atoms with Gasteiger partial charge in [0.2, 0.25) is 0 Å². The third-order valence-corrected chi connectivity index (χ3v) is 2.36. The van der Waals surface area contributed by atoms with Crippen molar-refractivity contribution in [3.8, 4) is 0 Å². The summed E-state index contributed by atoms with van der Waals surface area (Å²) in [4.78, 5) is 7.17. The molecule has 0 saturated heterocycles. The Morgan fingerprint density at radius 2 is 2.36 bits per heavy atom. The van der Waals surface area contributed by atoms with Crippen LogP contribution in [-0.4, -0.2) is 21.2 Å². The Morgan fingerprint density at radius 1 is 1.57 bits per heavy atom. The van der Waals surface area contributed by atoms with Gasteiger partial charge >= 0.3 is 0 Å². The van der Waals surface area contributed by atoms with Crippen molar-refractivity contribution in [1.29, 1.82) is 0 Å². The van der Waals surface area contributed by atoms with Crippen LogP contribution in [0.5, 0.6) is 0 Å². The Kier molecular flexibility index (Phi) is 2.23. The number of aromatic nitrogens is 2. The molecule has 14 heavy (non-hydrogen) atoms. The van der Waals surface area contributed by atoms with E-state index >= 15 is 0 Å². The molecule has 2 aromatic heterocycles. The number of fused-ring (bicyclic) bond motifs is 1.